The highest BCUT2D eigenvalue weighted by Crippen LogP contribution is 2.38. The maximum absolute atomic E-state index is 13.8. The number of phenolic OH excluding ortho intramolecular Hbond substituents is 2. The lowest BCUT2D eigenvalue weighted by molar-refractivity contribution is -0.299. The van der Waals surface area contributed by atoms with Crippen LogP contribution in [0.15, 0.2) is 45.6 Å². The van der Waals surface area contributed by atoms with Gasteiger partial charge in [0.2, 0.25) is 23.8 Å². The molecular weight excluding hydrogens is 716 g/mol. The SMILES string of the molecule is C[C@@H]1O[C@@H](OC[C@@H](O)[C@@H](O)[C@H](O)[C@@H](O)[C@@H](O)Oc2c(-c3ccc(O)cc3)oc3cc(O[C@@H]4O[C@@H](C)[C@H](O)[C@@H](O)[C@H]4O)cc(O)c3c2=O)[C@H](O)[C@H](O)[C@H]1O. The molecule has 5 rings (SSSR count). The molecule has 2 aromatic carbocycles. The molecule has 2 aliphatic heterocycles. The van der Waals surface area contributed by atoms with Crippen molar-refractivity contribution in [1.29, 1.82) is 0 Å². The molecule has 0 radical (unpaired) electrons. The highest BCUT2D eigenvalue weighted by Gasteiger charge is 2.45. The van der Waals surface area contributed by atoms with E-state index in [9.17, 15) is 71.2 Å². The number of hydrogen-bond acceptors (Lipinski definition) is 20. The van der Waals surface area contributed by atoms with Crippen molar-refractivity contribution in [3.8, 4) is 34.3 Å². The maximum atomic E-state index is 13.8. The fourth-order valence-corrected chi connectivity index (χ4v) is 5.71. The number of fused-ring (bicyclic) bond motifs is 1. The van der Waals surface area contributed by atoms with E-state index in [2.05, 4.69) is 0 Å². The number of phenols is 2. The number of rotatable bonds is 12. The summed E-state index contributed by atoms with van der Waals surface area (Å²) in [6, 6.07) is 7.00. The van der Waals surface area contributed by atoms with E-state index in [1.54, 1.807) is 0 Å². The Bertz CT molecular complexity index is 1750. The summed E-state index contributed by atoms with van der Waals surface area (Å²) >= 11 is 0. The molecule has 1 aromatic heterocycles. The third-order valence-corrected chi connectivity index (χ3v) is 8.96. The fourth-order valence-electron chi connectivity index (χ4n) is 5.71. The first kappa shape index (κ1) is 40.5. The second-order valence-corrected chi connectivity index (χ2v) is 12.8. The van der Waals surface area contributed by atoms with Gasteiger partial charge < -0.3 is 94.5 Å². The van der Waals surface area contributed by atoms with Crippen molar-refractivity contribution >= 4 is 11.0 Å². The lowest BCUT2D eigenvalue weighted by Crippen LogP contribution is -2.58. The Morgan fingerprint density at radius 2 is 1.28 bits per heavy atom. The summed E-state index contributed by atoms with van der Waals surface area (Å²) in [5.74, 6) is -2.47. The average Bonchev–Trinajstić information content (AvgIpc) is 3.12. The minimum Gasteiger partial charge on any atom is -0.508 e. The minimum absolute atomic E-state index is 0.0495. The molecule has 20 nitrogen and oxygen atoms in total. The van der Waals surface area contributed by atoms with E-state index in [1.807, 2.05) is 0 Å². The minimum atomic E-state index is -2.52. The number of benzene rings is 2. The first-order valence-corrected chi connectivity index (χ1v) is 16.3. The molecule has 2 aliphatic rings. The zero-order valence-electron chi connectivity index (χ0n) is 28.0. The van der Waals surface area contributed by atoms with Crippen LogP contribution in [0.25, 0.3) is 22.3 Å². The summed E-state index contributed by atoms with van der Waals surface area (Å²) in [4.78, 5) is 13.8. The van der Waals surface area contributed by atoms with Crippen LogP contribution in [0.5, 0.6) is 23.0 Å². The van der Waals surface area contributed by atoms with Gasteiger partial charge in [0, 0.05) is 17.7 Å². The molecule has 294 valence electrons. The molecule has 0 unspecified atom stereocenters. The summed E-state index contributed by atoms with van der Waals surface area (Å²) < 4.78 is 32.6. The Morgan fingerprint density at radius 1 is 0.717 bits per heavy atom. The molecule has 2 fully saturated rings. The highest BCUT2D eigenvalue weighted by molar-refractivity contribution is 5.88. The fraction of sp³-hybridized carbons (Fsp3) is 0.545. The van der Waals surface area contributed by atoms with Gasteiger partial charge >= 0.3 is 0 Å². The van der Waals surface area contributed by atoms with E-state index in [1.165, 1.54) is 38.1 Å². The van der Waals surface area contributed by atoms with Crippen LogP contribution in [0.4, 0.5) is 0 Å². The molecule has 3 aromatic rings. The Balaban J connectivity index is 1.38. The number of aromatic hydroxyl groups is 2. The molecule has 53 heavy (non-hydrogen) atoms. The van der Waals surface area contributed by atoms with Crippen molar-refractivity contribution in [1.82, 2.24) is 0 Å². The number of ether oxygens (including phenoxy) is 5. The van der Waals surface area contributed by atoms with Crippen LogP contribution in [0.3, 0.4) is 0 Å². The topological polar surface area (TPSA) is 339 Å². The second kappa shape index (κ2) is 16.3. The Kier molecular flexibility index (Phi) is 12.5. The average molecular weight is 759 g/mol. The van der Waals surface area contributed by atoms with E-state index >= 15 is 0 Å². The molecule has 0 amide bonds. The van der Waals surface area contributed by atoms with Crippen LogP contribution in [0.1, 0.15) is 13.8 Å². The van der Waals surface area contributed by atoms with Gasteiger partial charge in [0.05, 0.1) is 18.8 Å². The number of aliphatic hydroxyl groups excluding tert-OH is 11. The molecule has 3 heterocycles. The predicted molar refractivity (Wildman–Crippen MR) is 173 cm³/mol. The maximum Gasteiger partial charge on any atom is 0.239 e. The molecule has 20 heteroatoms. The van der Waals surface area contributed by atoms with E-state index in [0.29, 0.717) is 0 Å². The first-order chi connectivity index (χ1) is 24.9. The van der Waals surface area contributed by atoms with E-state index < -0.39 is 127 Å². The Morgan fingerprint density at radius 3 is 1.89 bits per heavy atom. The quantitative estimate of drug-likeness (QED) is 0.0784. The monoisotopic (exact) mass is 758 g/mol. The summed E-state index contributed by atoms with van der Waals surface area (Å²) in [7, 11) is 0. The molecule has 0 spiro atoms. The second-order valence-electron chi connectivity index (χ2n) is 12.8. The van der Waals surface area contributed by atoms with Crippen molar-refractivity contribution in [3.05, 3.63) is 46.6 Å². The van der Waals surface area contributed by atoms with E-state index in [-0.39, 0.29) is 22.6 Å². The normalized spacial score (nSPS) is 32.1. The molecule has 13 N–H and O–H groups in total. The van der Waals surface area contributed by atoms with E-state index in [4.69, 9.17) is 28.1 Å². The highest BCUT2D eigenvalue weighted by atomic mass is 16.7. The van der Waals surface area contributed by atoms with Gasteiger partial charge in [-0.1, -0.05) is 0 Å². The molecule has 0 aliphatic carbocycles. The third-order valence-electron chi connectivity index (χ3n) is 8.96. The van der Waals surface area contributed by atoms with Gasteiger partial charge in [0.1, 0.15) is 89.3 Å². The van der Waals surface area contributed by atoms with Crippen molar-refractivity contribution in [3.63, 3.8) is 0 Å². The van der Waals surface area contributed by atoms with Crippen LogP contribution in [-0.4, -0.2) is 165 Å². The summed E-state index contributed by atoms with van der Waals surface area (Å²) in [5.41, 5.74) is -1.44. The van der Waals surface area contributed by atoms with Gasteiger partial charge in [0.25, 0.3) is 0 Å². The number of hydrogen-bond donors (Lipinski definition) is 13. The van der Waals surface area contributed by atoms with Gasteiger partial charge in [-0.2, -0.15) is 0 Å². The van der Waals surface area contributed by atoms with Crippen LogP contribution in [0, 0.1) is 0 Å². The molecular formula is C33H42O20. The van der Waals surface area contributed by atoms with Crippen LogP contribution in [0.2, 0.25) is 0 Å². The van der Waals surface area contributed by atoms with Crippen LogP contribution in [-0.2, 0) is 14.2 Å². The van der Waals surface area contributed by atoms with Crippen LogP contribution < -0.4 is 14.9 Å². The summed E-state index contributed by atoms with van der Waals surface area (Å²) in [5, 5.41) is 133. The van der Waals surface area contributed by atoms with Gasteiger partial charge in [-0.05, 0) is 38.1 Å². The predicted octanol–water partition coefficient (Wildman–Crippen LogP) is -3.94. The van der Waals surface area contributed by atoms with Crippen molar-refractivity contribution in [2.24, 2.45) is 0 Å². The molecule has 0 saturated carbocycles. The van der Waals surface area contributed by atoms with Crippen LogP contribution >= 0.6 is 0 Å². The van der Waals surface area contributed by atoms with Gasteiger partial charge in [-0.3, -0.25) is 4.79 Å². The largest absolute Gasteiger partial charge is 0.508 e. The van der Waals surface area contributed by atoms with Gasteiger partial charge in [0.15, 0.2) is 12.1 Å². The van der Waals surface area contributed by atoms with Crippen molar-refractivity contribution in [2.75, 3.05) is 6.61 Å². The molecule has 2 saturated heterocycles. The summed E-state index contributed by atoms with van der Waals surface area (Å²) in [6.07, 6.45) is -26.3. The first-order valence-electron chi connectivity index (χ1n) is 16.3. The van der Waals surface area contributed by atoms with Gasteiger partial charge in [-0.15, -0.1) is 0 Å². The standard InChI is InChI=1S/C33H42O20/c1-10-19(37)23(41)27(45)32(49-10)48-9-16(36)21(39)25(43)26(44)31(47)53-30-22(40)18-15(35)7-14(51-33-28(46)24(42)20(38)11(2)50-33)8-17(18)52-29(30)12-3-5-13(34)6-4-12/h3-8,10-11,16,19-21,23-28,31-39,41-47H,9H2,1-2H3/t10-,11-,16+,19-,20-,21+,23+,24+,25-,26+,27+,28+,31-,32+,33-/m0/s1. The third kappa shape index (κ3) is 8.35. The van der Waals surface area contributed by atoms with Gasteiger partial charge in [-0.25, -0.2) is 0 Å². The Labute approximate surface area is 299 Å². The Hall–Kier alpha value is -3.71. The zero-order valence-corrected chi connectivity index (χ0v) is 28.0. The van der Waals surface area contributed by atoms with Crippen molar-refractivity contribution in [2.45, 2.75) is 106 Å². The molecule has 15 atom stereocenters. The summed E-state index contributed by atoms with van der Waals surface area (Å²) in [6.45, 7) is 1.94. The van der Waals surface area contributed by atoms with Crippen molar-refractivity contribution < 1.29 is 94.5 Å². The lowest BCUT2D eigenvalue weighted by atomic mass is 10.00. The van der Waals surface area contributed by atoms with E-state index in [0.717, 1.165) is 12.1 Å². The number of aliphatic hydroxyl groups is 11. The smallest absolute Gasteiger partial charge is 0.239 e. The zero-order chi connectivity index (χ0) is 39.0. The lowest BCUT2D eigenvalue weighted by Gasteiger charge is -2.39. The molecule has 0 bridgehead atoms.